The van der Waals surface area contributed by atoms with Crippen LogP contribution in [0, 0.1) is 17.6 Å². The lowest BCUT2D eigenvalue weighted by atomic mass is 10.0. The number of halogens is 2. The van der Waals surface area contributed by atoms with E-state index in [-0.39, 0.29) is 34.7 Å². The van der Waals surface area contributed by atoms with Crippen molar-refractivity contribution in [1.82, 2.24) is 10.2 Å². The topological polar surface area (TPSA) is 105 Å². The van der Waals surface area contributed by atoms with Crippen LogP contribution in [0.1, 0.15) is 31.0 Å². The summed E-state index contributed by atoms with van der Waals surface area (Å²) in [5.41, 5.74) is 1.40. The molecule has 0 bridgehead atoms. The molecule has 0 aromatic heterocycles. The molecular formula is C33H33F2N3O5S. The molecule has 0 spiro atoms. The number of hydrogen-bond acceptors (Lipinski definition) is 5. The fourth-order valence-corrected chi connectivity index (χ4v) is 5.35. The number of nitrogens with zero attached hydrogens (tertiary/aromatic N) is 1. The Labute approximate surface area is 255 Å². The lowest BCUT2D eigenvalue weighted by molar-refractivity contribution is -0.143. The number of nitrogens with one attached hydrogen (secondary N) is 2. The van der Waals surface area contributed by atoms with Crippen LogP contribution in [0.5, 0.6) is 5.75 Å². The van der Waals surface area contributed by atoms with E-state index >= 15 is 0 Å². The molecule has 4 aromatic carbocycles. The zero-order valence-electron chi connectivity index (χ0n) is 24.2. The van der Waals surface area contributed by atoms with Crippen LogP contribution in [0.15, 0.2) is 108 Å². The molecule has 0 radical (unpaired) electrons. The molecule has 230 valence electrons. The van der Waals surface area contributed by atoms with Gasteiger partial charge in [-0.25, -0.2) is 17.2 Å². The fraction of sp³-hybridized carbons (Fsp3) is 0.212. The second-order valence-electron chi connectivity index (χ2n) is 10.5. The molecule has 4 rings (SSSR count). The van der Waals surface area contributed by atoms with Gasteiger partial charge in [0.25, 0.3) is 15.9 Å². The molecule has 2 amide bonds. The molecule has 11 heteroatoms. The quantitative estimate of drug-likeness (QED) is 0.200. The number of amides is 2. The van der Waals surface area contributed by atoms with Crippen LogP contribution in [0.3, 0.4) is 0 Å². The minimum Gasteiger partial charge on any atom is -0.484 e. The minimum absolute atomic E-state index is 0.00334. The third-order valence-electron chi connectivity index (χ3n) is 6.54. The summed E-state index contributed by atoms with van der Waals surface area (Å²) in [6, 6.07) is 23.8. The van der Waals surface area contributed by atoms with Crippen LogP contribution in [0.2, 0.25) is 0 Å². The van der Waals surface area contributed by atoms with Gasteiger partial charge in [-0.15, -0.1) is 0 Å². The Kier molecular flexibility index (Phi) is 10.7. The molecule has 0 fully saturated rings. The minimum atomic E-state index is -3.96. The predicted octanol–water partition coefficient (Wildman–Crippen LogP) is 5.69. The first kappa shape index (κ1) is 32.2. The maximum atomic E-state index is 13.7. The first-order chi connectivity index (χ1) is 21.0. The summed E-state index contributed by atoms with van der Waals surface area (Å²) in [4.78, 5) is 28.5. The zero-order chi connectivity index (χ0) is 31.7. The van der Waals surface area contributed by atoms with Crippen molar-refractivity contribution in [2.45, 2.75) is 31.3 Å². The molecule has 44 heavy (non-hydrogen) atoms. The van der Waals surface area contributed by atoms with Crippen molar-refractivity contribution in [3.8, 4) is 5.75 Å². The lowest BCUT2D eigenvalue weighted by Crippen LogP contribution is -2.45. The van der Waals surface area contributed by atoms with Gasteiger partial charge in [0.15, 0.2) is 6.61 Å². The Bertz CT molecular complexity index is 1650. The molecule has 0 saturated heterocycles. The van der Waals surface area contributed by atoms with Crippen molar-refractivity contribution >= 4 is 27.5 Å². The van der Waals surface area contributed by atoms with Gasteiger partial charge >= 0.3 is 0 Å². The van der Waals surface area contributed by atoms with E-state index in [1.54, 1.807) is 42.5 Å². The smallest absolute Gasteiger partial charge is 0.261 e. The molecule has 0 aliphatic heterocycles. The van der Waals surface area contributed by atoms with Crippen molar-refractivity contribution in [3.63, 3.8) is 0 Å². The normalized spacial score (nSPS) is 11.9. The number of carbonyl (C=O) groups is 2. The van der Waals surface area contributed by atoms with Crippen molar-refractivity contribution in [2.24, 2.45) is 5.92 Å². The SMILES string of the molecule is CC(C)CNC(=O)[C@@H](c1ccccc1)N(Cc1ccc(F)cc1)C(=O)COc1ccc(S(=O)(=O)Nc2ccc(F)cc2)cc1. The van der Waals surface area contributed by atoms with Gasteiger partial charge in [0, 0.05) is 18.8 Å². The molecule has 4 aromatic rings. The zero-order valence-corrected chi connectivity index (χ0v) is 25.1. The molecule has 8 nitrogen and oxygen atoms in total. The lowest BCUT2D eigenvalue weighted by Gasteiger charge is -2.32. The predicted molar refractivity (Wildman–Crippen MR) is 163 cm³/mol. The van der Waals surface area contributed by atoms with Crippen LogP contribution in [-0.4, -0.2) is 38.3 Å². The molecule has 0 saturated carbocycles. The fourth-order valence-electron chi connectivity index (χ4n) is 4.29. The Morgan fingerprint density at radius 2 is 1.41 bits per heavy atom. The molecule has 0 heterocycles. The maximum Gasteiger partial charge on any atom is 0.261 e. The van der Waals surface area contributed by atoms with Gasteiger partial charge in [-0.2, -0.15) is 0 Å². The van der Waals surface area contributed by atoms with Crippen molar-refractivity contribution < 1.29 is 31.5 Å². The molecular weight excluding hydrogens is 588 g/mol. The van der Waals surface area contributed by atoms with Crippen LogP contribution in [0.25, 0.3) is 0 Å². The molecule has 1 atom stereocenters. The number of benzene rings is 4. The van der Waals surface area contributed by atoms with Crippen molar-refractivity contribution in [2.75, 3.05) is 17.9 Å². The van der Waals surface area contributed by atoms with Crippen LogP contribution < -0.4 is 14.8 Å². The summed E-state index contributed by atoms with van der Waals surface area (Å²) in [6.45, 7) is 3.87. The van der Waals surface area contributed by atoms with E-state index in [0.29, 0.717) is 17.7 Å². The van der Waals surface area contributed by atoms with E-state index in [9.17, 15) is 26.8 Å². The van der Waals surface area contributed by atoms with E-state index in [4.69, 9.17) is 4.74 Å². The van der Waals surface area contributed by atoms with Crippen molar-refractivity contribution in [3.05, 3.63) is 126 Å². The highest BCUT2D eigenvalue weighted by molar-refractivity contribution is 7.92. The van der Waals surface area contributed by atoms with Gasteiger partial charge in [-0.3, -0.25) is 14.3 Å². The van der Waals surface area contributed by atoms with Gasteiger partial charge in [-0.1, -0.05) is 56.3 Å². The van der Waals surface area contributed by atoms with E-state index in [0.717, 1.165) is 12.1 Å². The maximum absolute atomic E-state index is 13.7. The largest absolute Gasteiger partial charge is 0.484 e. The van der Waals surface area contributed by atoms with E-state index in [2.05, 4.69) is 10.0 Å². The third kappa shape index (κ3) is 8.87. The highest BCUT2D eigenvalue weighted by Gasteiger charge is 2.32. The molecule has 0 unspecified atom stereocenters. The summed E-state index contributed by atoms with van der Waals surface area (Å²) in [5, 5.41) is 2.91. The number of ether oxygens (including phenoxy) is 1. The van der Waals surface area contributed by atoms with Crippen LogP contribution >= 0.6 is 0 Å². The summed E-state index contributed by atoms with van der Waals surface area (Å²) in [5.74, 6) is -1.41. The number of carbonyl (C=O) groups excluding carboxylic acids is 2. The Morgan fingerprint density at radius 1 is 0.818 bits per heavy atom. The second-order valence-corrected chi connectivity index (χ2v) is 12.2. The molecule has 0 aliphatic carbocycles. The third-order valence-corrected chi connectivity index (χ3v) is 7.94. The summed E-state index contributed by atoms with van der Waals surface area (Å²) in [6.07, 6.45) is 0. The first-order valence-electron chi connectivity index (χ1n) is 13.9. The first-order valence-corrected chi connectivity index (χ1v) is 15.4. The average molecular weight is 622 g/mol. The van der Waals surface area contributed by atoms with Gasteiger partial charge in [0.1, 0.15) is 23.4 Å². The van der Waals surface area contributed by atoms with Gasteiger partial charge in [0.05, 0.1) is 4.90 Å². The summed E-state index contributed by atoms with van der Waals surface area (Å²) >= 11 is 0. The Hall–Kier alpha value is -4.77. The summed E-state index contributed by atoms with van der Waals surface area (Å²) in [7, 11) is -3.96. The Balaban J connectivity index is 1.54. The highest BCUT2D eigenvalue weighted by Crippen LogP contribution is 2.25. The second kappa shape index (κ2) is 14.6. The van der Waals surface area contributed by atoms with Crippen LogP contribution in [-0.2, 0) is 26.2 Å². The average Bonchev–Trinajstić information content (AvgIpc) is 3.01. The highest BCUT2D eigenvalue weighted by atomic mass is 32.2. The van der Waals surface area contributed by atoms with Crippen LogP contribution in [0.4, 0.5) is 14.5 Å². The van der Waals surface area contributed by atoms with E-state index < -0.39 is 40.2 Å². The summed E-state index contributed by atoms with van der Waals surface area (Å²) < 4.78 is 60.4. The monoisotopic (exact) mass is 621 g/mol. The van der Waals surface area contributed by atoms with E-state index in [1.165, 1.54) is 53.4 Å². The molecule has 2 N–H and O–H groups in total. The number of hydrogen-bond donors (Lipinski definition) is 2. The number of rotatable bonds is 13. The van der Waals surface area contributed by atoms with Crippen molar-refractivity contribution in [1.29, 1.82) is 0 Å². The standard InChI is InChI=1S/C33H33F2N3O5S/c1-23(2)20-36-33(40)32(25-6-4-3-5-7-25)38(21-24-8-10-26(34)11-9-24)31(39)22-43-29-16-18-30(19-17-29)44(41,42)37-28-14-12-27(35)13-15-28/h3-19,23,32,37H,20-22H2,1-2H3,(H,36,40)/t32-/m1/s1. The van der Waals surface area contributed by atoms with Gasteiger partial charge < -0.3 is 15.0 Å². The van der Waals surface area contributed by atoms with Gasteiger partial charge in [-0.05, 0) is 77.7 Å². The van der Waals surface area contributed by atoms with E-state index in [1.807, 2.05) is 13.8 Å². The number of sulfonamides is 1. The van der Waals surface area contributed by atoms with Gasteiger partial charge in [0.2, 0.25) is 5.91 Å². The molecule has 0 aliphatic rings. The number of anilines is 1. The Morgan fingerprint density at radius 3 is 2.00 bits per heavy atom.